The molecular formula is C25H27N7O2. The quantitative estimate of drug-likeness (QED) is 0.319. The molecule has 0 N–H and O–H groups in total. The average Bonchev–Trinajstić information content (AvgIpc) is 3.29. The third kappa shape index (κ3) is 4.10. The van der Waals surface area contributed by atoms with Gasteiger partial charge in [0.25, 0.3) is 5.69 Å². The number of nitro benzene ring substituents is 1. The van der Waals surface area contributed by atoms with E-state index in [2.05, 4.69) is 44.3 Å². The highest BCUT2D eigenvalue weighted by Gasteiger charge is 2.26. The molecule has 0 radical (unpaired) electrons. The lowest BCUT2D eigenvalue weighted by Crippen LogP contribution is -2.43. The van der Waals surface area contributed by atoms with Crippen molar-refractivity contribution in [2.24, 2.45) is 7.05 Å². The highest BCUT2D eigenvalue weighted by molar-refractivity contribution is 5.99. The second-order valence-corrected chi connectivity index (χ2v) is 8.78. The van der Waals surface area contributed by atoms with Gasteiger partial charge in [-0.15, -0.1) is 10.2 Å². The number of rotatable bonds is 6. The van der Waals surface area contributed by atoms with Gasteiger partial charge in [0.05, 0.1) is 10.6 Å². The molecule has 1 saturated heterocycles. The molecule has 3 heterocycles. The summed E-state index contributed by atoms with van der Waals surface area (Å²) in [4.78, 5) is 15.6. The highest BCUT2D eigenvalue weighted by atomic mass is 16.6. The van der Waals surface area contributed by atoms with Gasteiger partial charge in [-0.25, -0.2) is 0 Å². The molecule has 9 heteroatoms. The smallest absolute Gasteiger partial charge is 0.273 e. The molecule has 174 valence electrons. The van der Waals surface area contributed by atoms with Gasteiger partial charge in [-0.05, 0) is 26.0 Å². The molecule has 4 aromatic rings. The molecule has 1 fully saturated rings. The van der Waals surface area contributed by atoms with Crippen molar-refractivity contribution in [3.63, 3.8) is 0 Å². The minimum Gasteiger partial charge on any atom is -0.354 e. The van der Waals surface area contributed by atoms with Crippen LogP contribution in [-0.2, 0) is 13.6 Å². The fraction of sp³-hybridized carbons (Fsp3) is 0.320. The summed E-state index contributed by atoms with van der Waals surface area (Å²) in [5, 5.41) is 27.0. The number of para-hydroxylation sites is 1. The van der Waals surface area contributed by atoms with Gasteiger partial charge in [0.15, 0.2) is 5.82 Å². The Morgan fingerprint density at radius 1 is 1.03 bits per heavy atom. The fourth-order valence-corrected chi connectivity index (χ4v) is 4.86. The van der Waals surface area contributed by atoms with E-state index in [1.165, 1.54) is 0 Å². The topological polar surface area (TPSA) is 93.2 Å². The first kappa shape index (κ1) is 22.0. The first-order chi connectivity index (χ1) is 16.5. The molecule has 2 aromatic carbocycles. The Morgan fingerprint density at radius 3 is 2.44 bits per heavy atom. The second-order valence-electron chi connectivity index (χ2n) is 8.78. The molecule has 0 unspecified atom stereocenters. The zero-order chi connectivity index (χ0) is 23.7. The summed E-state index contributed by atoms with van der Waals surface area (Å²) in [6.07, 6.45) is 3.68. The molecular weight excluding hydrogens is 430 g/mol. The van der Waals surface area contributed by atoms with Gasteiger partial charge in [0, 0.05) is 61.3 Å². The molecule has 0 atom stereocenters. The van der Waals surface area contributed by atoms with Crippen molar-refractivity contribution in [1.29, 1.82) is 0 Å². The van der Waals surface area contributed by atoms with Gasteiger partial charge in [-0.3, -0.25) is 19.7 Å². The van der Waals surface area contributed by atoms with Crippen molar-refractivity contribution in [1.82, 2.24) is 24.9 Å². The van der Waals surface area contributed by atoms with Crippen LogP contribution >= 0.6 is 0 Å². The fourth-order valence-electron chi connectivity index (χ4n) is 4.86. The predicted octanol–water partition coefficient (Wildman–Crippen LogP) is 4.04. The molecule has 0 bridgehead atoms. The van der Waals surface area contributed by atoms with Crippen molar-refractivity contribution >= 4 is 22.3 Å². The van der Waals surface area contributed by atoms with Gasteiger partial charge in [-0.1, -0.05) is 42.5 Å². The SMILES string of the molecule is CN(Cc1ccccc1[N+](=O)[O-])C1CCN(c2nnc(-c3ccnn3C)c3ccccc23)CC1. The molecule has 34 heavy (non-hydrogen) atoms. The maximum absolute atomic E-state index is 11.4. The lowest BCUT2D eigenvalue weighted by Gasteiger charge is -2.37. The zero-order valence-electron chi connectivity index (χ0n) is 19.3. The van der Waals surface area contributed by atoms with Crippen molar-refractivity contribution in [2.45, 2.75) is 25.4 Å². The van der Waals surface area contributed by atoms with E-state index in [4.69, 9.17) is 0 Å². The normalized spacial score (nSPS) is 14.7. The number of hydrogen-bond donors (Lipinski definition) is 0. The van der Waals surface area contributed by atoms with Gasteiger partial charge in [0.1, 0.15) is 5.69 Å². The van der Waals surface area contributed by atoms with E-state index in [1.807, 2.05) is 42.1 Å². The molecule has 1 aliphatic heterocycles. The predicted molar refractivity (Wildman–Crippen MR) is 132 cm³/mol. The van der Waals surface area contributed by atoms with E-state index < -0.39 is 0 Å². The average molecular weight is 458 g/mol. The summed E-state index contributed by atoms with van der Waals surface area (Å²) in [6, 6.07) is 17.5. The first-order valence-electron chi connectivity index (χ1n) is 11.4. The number of aromatic nitrogens is 4. The zero-order valence-corrected chi connectivity index (χ0v) is 19.3. The van der Waals surface area contributed by atoms with Crippen LogP contribution in [0.4, 0.5) is 11.5 Å². The van der Waals surface area contributed by atoms with Crippen LogP contribution < -0.4 is 4.90 Å². The van der Waals surface area contributed by atoms with Crippen LogP contribution in [0.15, 0.2) is 60.8 Å². The van der Waals surface area contributed by atoms with E-state index in [0.717, 1.165) is 59.5 Å². The Bertz CT molecular complexity index is 1330. The van der Waals surface area contributed by atoms with Crippen LogP contribution in [0.2, 0.25) is 0 Å². The third-order valence-electron chi connectivity index (χ3n) is 6.73. The number of nitro groups is 1. The Morgan fingerprint density at radius 2 is 1.74 bits per heavy atom. The number of piperidine rings is 1. The van der Waals surface area contributed by atoms with Crippen molar-refractivity contribution in [2.75, 3.05) is 25.0 Å². The highest BCUT2D eigenvalue weighted by Crippen LogP contribution is 2.33. The van der Waals surface area contributed by atoms with Crippen LogP contribution in [0, 0.1) is 10.1 Å². The number of benzene rings is 2. The van der Waals surface area contributed by atoms with Gasteiger partial charge in [0.2, 0.25) is 0 Å². The summed E-state index contributed by atoms with van der Waals surface area (Å²) >= 11 is 0. The summed E-state index contributed by atoms with van der Waals surface area (Å²) in [7, 11) is 3.96. The molecule has 0 saturated carbocycles. The van der Waals surface area contributed by atoms with Crippen LogP contribution in [0.5, 0.6) is 0 Å². The number of fused-ring (bicyclic) bond motifs is 1. The molecule has 0 spiro atoms. The van der Waals surface area contributed by atoms with Crippen LogP contribution in [0.25, 0.3) is 22.2 Å². The van der Waals surface area contributed by atoms with Gasteiger partial charge >= 0.3 is 0 Å². The lowest BCUT2D eigenvalue weighted by molar-refractivity contribution is -0.385. The maximum Gasteiger partial charge on any atom is 0.273 e. The lowest BCUT2D eigenvalue weighted by atomic mass is 10.0. The Balaban J connectivity index is 1.33. The van der Waals surface area contributed by atoms with E-state index in [1.54, 1.807) is 18.3 Å². The maximum atomic E-state index is 11.4. The minimum atomic E-state index is -0.301. The van der Waals surface area contributed by atoms with Crippen LogP contribution in [-0.4, -0.2) is 56.0 Å². The monoisotopic (exact) mass is 457 g/mol. The van der Waals surface area contributed by atoms with Gasteiger partial charge < -0.3 is 4.90 Å². The van der Waals surface area contributed by atoms with E-state index in [-0.39, 0.29) is 10.6 Å². The molecule has 2 aromatic heterocycles. The summed E-state index contributed by atoms with van der Waals surface area (Å²) in [5.74, 6) is 0.904. The molecule has 9 nitrogen and oxygen atoms in total. The number of aryl methyl sites for hydroxylation is 1. The Hall–Kier alpha value is -3.85. The molecule has 0 amide bonds. The summed E-state index contributed by atoms with van der Waals surface area (Å²) in [5.41, 5.74) is 2.70. The third-order valence-corrected chi connectivity index (χ3v) is 6.73. The first-order valence-corrected chi connectivity index (χ1v) is 11.4. The van der Waals surface area contributed by atoms with Crippen LogP contribution in [0.1, 0.15) is 18.4 Å². The van der Waals surface area contributed by atoms with E-state index in [0.29, 0.717) is 12.6 Å². The van der Waals surface area contributed by atoms with Crippen molar-refractivity contribution in [3.05, 3.63) is 76.5 Å². The van der Waals surface area contributed by atoms with E-state index >= 15 is 0 Å². The number of anilines is 1. The molecule has 1 aliphatic rings. The standard InChI is InChI=1S/C25H27N7O2/c1-29(17-18-7-3-6-10-22(18)32(33)34)19-12-15-31(16-13-19)25-21-9-5-4-8-20(21)24(27-28-25)23-11-14-26-30(23)2/h3-11,14,19H,12-13,15-17H2,1-2H3. The Kier molecular flexibility index (Phi) is 5.93. The van der Waals surface area contributed by atoms with Crippen molar-refractivity contribution < 1.29 is 4.92 Å². The van der Waals surface area contributed by atoms with E-state index in [9.17, 15) is 10.1 Å². The van der Waals surface area contributed by atoms with Gasteiger partial charge in [-0.2, -0.15) is 5.10 Å². The number of nitrogens with zero attached hydrogens (tertiary/aromatic N) is 7. The van der Waals surface area contributed by atoms with Crippen molar-refractivity contribution in [3.8, 4) is 11.4 Å². The second kappa shape index (κ2) is 9.18. The summed E-state index contributed by atoms with van der Waals surface area (Å²) < 4.78 is 1.81. The number of hydrogen-bond acceptors (Lipinski definition) is 7. The minimum absolute atomic E-state index is 0.182. The molecule has 5 rings (SSSR count). The largest absolute Gasteiger partial charge is 0.354 e. The Labute approximate surface area is 197 Å². The van der Waals surface area contributed by atoms with Crippen LogP contribution in [0.3, 0.4) is 0 Å². The molecule has 0 aliphatic carbocycles. The summed E-state index contributed by atoms with van der Waals surface area (Å²) in [6.45, 7) is 2.27.